The predicted octanol–water partition coefficient (Wildman–Crippen LogP) is 2.94. The van der Waals surface area contributed by atoms with Crippen LogP contribution in [0.5, 0.6) is 0 Å². The molecule has 0 saturated carbocycles. The molecule has 1 amide bonds. The summed E-state index contributed by atoms with van der Waals surface area (Å²) in [5.41, 5.74) is 7.85. The summed E-state index contributed by atoms with van der Waals surface area (Å²) in [5, 5.41) is 5.92. The molecule has 0 aliphatic rings. The fraction of sp³-hybridized carbons (Fsp3) is 0.467. The van der Waals surface area contributed by atoms with Crippen molar-refractivity contribution in [1.29, 1.82) is 0 Å². The number of alkyl carbamates (subject to hydrolysis) is 1. The van der Waals surface area contributed by atoms with Crippen LogP contribution in [0.3, 0.4) is 0 Å². The van der Waals surface area contributed by atoms with Crippen LogP contribution in [0.15, 0.2) is 35.4 Å². The topological polar surface area (TPSA) is 113 Å². The third-order valence-corrected chi connectivity index (χ3v) is 3.22. The highest BCUT2D eigenvalue weighted by Crippen LogP contribution is 2.15. The first kappa shape index (κ1) is 18.3. The van der Waals surface area contributed by atoms with Crippen molar-refractivity contribution in [1.82, 2.24) is 5.32 Å². The lowest BCUT2D eigenvalue weighted by atomic mass is 9.96. The Morgan fingerprint density at radius 2 is 2.04 bits per heavy atom. The molecule has 0 aliphatic carbocycles. The number of nitrogens with one attached hydrogen (secondary N) is 1. The molecular weight excluding hydrogens is 300 g/mol. The highest BCUT2D eigenvalue weighted by atomic mass is 16.6. The van der Waals surface area contributed by atoms with Gasteiger partial charge in [0, 0.05) is 11.5 Å². The van der Waals surface area contributed by atoms with E-state index in [1.807, 2.05) is 30.3 Å². The third kappa shape index (κ3) is 6.27. The van der Waals surface area contributed by atoms with Crippen molar-refractivity contribution in [3.8, 4) is 0 Å². The van der Waals surface area contributed by atoms with Gasteiger partial charge in [0.1, 0.15) is 12.1 Å². The summed E-state index contributed by atoms with van der Waals surface area (Å²) in [7, 11) is 1.24. The molecule has 0 unspecified atom stereocenters. The van der Waals surface area contributed by atoms with Gasteiger partial charge >= 0.3 is 12.1 Å². The van der Waals surface area contributed by atoms with Crippen LogP contribution in [0.4, 0.5) is 4.79 Å². The fourth-order valence-electron chi connectivity index (χ4n) is 1.97. The van der Waals surface area contributed by atoms with Gasteiger partial charge in [-0.2, -0.15) is 0 Å². The molecule has 124 valence electrons. The molecule has 1 rings (SSSR count). The number of carbonyl (C=O) groups is 2. The van der Waals surface area contributed by atoms with Gasteiger partial charge in [-0.15, -0.1) is 0 Å². The normalized spacial score (nSPS) is 12.4. The van der Waals surface area contributed by atoms with E-state index in [9.17, 15) is 9.59 Å². The maximum Gasteiger partial charge on any atom is 0.408 e. The van der Waals surface area contributed by atoms with Crippen molar-refractivity contribution in [2.75, 3.05) is 13.7 Å². The van der Waals surface area contributed by atoms with Crippen molar-refractivity contribution in [2.45, 2.75) is 31.9 Å². The average Bonchev–Trinajstić information content (AvgIpc) is 2.57. The number of esters is 1. The molecule has 0 fully saturated rings. The lowest BCUT2D eigenvalue weighted by molar-refractivity contribution is -0.148. The standard InChI is InChI=1S/C15H20N4O4/c1-15(13(20)22-2,9-6-10-17-19-16)18-14(21)23-11-12-7-4-3-5-8-12/h3-5,7-8H,6,9-11H2,1-2H3,(H,18,21)/t15-/m1/s1. The van der Waals surface area contributed by atoms with Crippen molar-refractivity contribution < 1.29 is 19.1 Å². The lowest BCUT2D eigenvalue weighted by Gasteiger charge is -2.27. The Kier molecular flexibility index (Phi) is 7.42. The Morgan fingerprint density at radius 3 is 2.65 bits per heavy atom. The molecule has 1 aromatic rings. The number of ether oxygens (including phenoxy) is 2. The molecule has 1 atom stereocenters. The molecule has 0 aliphatic heterocycles. The van der Waals surface area contributed by atoms with E-state index in [4.69, 9.17) is 15.0 Å². The molecule has 1 aromatic carbocycles. The zero-order chi connectivity index (χ0) is 17.1. The van der Waals surface area contributed by atoms with E-state index in [0.29, 0.717) is 6.42 Å². The summed E-state index contributed by atoms with van der Waals surface area (Å²) >= 11 is 0. The van der Waals surface area contributed by atoms with E-state index < -0.39 is 17.6 Å². The number of rotatable bonds is 8. The van der Waals surface area contributed by atoms with Crippen LogP contribution >= 0.6 is 0 Å². The van der Waals surface area contributed by atoms with Crippen LogP contribution in [0.2, 0.25) is 0 Å². The SMILES string of the molecule is COC(=O)[C@@](C)(CCCN=[N+]=[N-])NC(=O)OCc1ccccc1. The van der Waals surface area contributed by atoms with Crippen LogP contribution in [-0.2, 0) is 20.9 Å². The predicted molar refractivity (Wildman–Crippen MR) is 83.4 cm³/mol. The molecular formula is C15H20N4O4. The monoisotopic (exact) mass is 320 g/mol. The number of hydrogen-bond acceptors (Lipinski definition) is 5. The summed E-state index contributed by atoms with van der Waals surface area (Å²) in [6.45, 7) is 1.87. The summed E-state index contributed by atoms with van der Waals surface area (Å²) in [6, 6.07) is 9.19. The maximum absolute atomic E-state index is 11.9. The summed E-state index contributed by atoms with van der Waals surface area (Å²) in [4.78, 5) is 26.5. The van der Waals surface area contributed by atoms with Gasteiger partial charge in [0.15, 0.2) is 0 Å². The third-order valence-electron chi connectivity index (χ3n) is 3.22. The number of methoxy groups -OCH3 is 1. The van der Waals surface area contributed by atoms with E-state index in [0.717, 1.165) is 5.56 Å². The first-order valence-electron chi connectivity index (χ1n) is 7.10. The van der Waals surface area contributed by atoms with Crippen LogP contribution in [0.25, 0.3) is 10.4 Å². The highest BCUT2D eigenvalue weighted by molar-refractivity contribution is 5.85. The van der Waals surface area contributed by atoms with Gasteiger partial charge in [-0.1, -0.05) is 35.4 Å². The lowest BCUT2D eigenvalue weighted by Crippen LogP contribution is -2.53. The molecule has 8 nitrogen and oxygen atoms in total. The average molecular weight is 320 g/mol. The molecule has 8 heteroatoms. The van der Waals surface area contributed by atoms with Gasteiger partial charge in [0.25, 0.3) is 0 Å². The molecule has 1 N–H and O–H groups in total. The van der Waals surface area contributed by atoms with E-state index in [1.165, 1.54) is 7.11 Å². The smallest absolute Gasteiger partial charge is 0.408 e. The van der Waals surface area contributed by atoms with Crippen molar-refractivity contribution in [3.63, 3.8) is 0 Å². The molecule has 23 heavy (non-hydrogen) atoms. The summed E-state index contributed by atoms with van der Waals surface area (Å²) < 4.78 is 9.83. The molecule has 0 bridgehead atoms. The number of amides is 1. The van der Waals surface area contributed by atoms with Crippen LogP contribution in [0.1, 0.15) is 25.3 Å². The Labute approximate surface area is 134 Å². The summed E-state index contributed by atoms with van der Waals surface area (Å²) in [5.74, 6) is -0.588. The quantitative estimate of drug-likeness (QED) is 0.261. The Balaban J connectivity index is 2.59. The van der Waals surface area contributed by atoms with E-state index in [1.54, 1.807) is 6.92 Å². The van der Waals surface area contributed by atoms with Crippen molar-refractivity contribution in [3.05, 3.63) is 46.3 Å². The molecule has 0 saturated heterocycles. The van der Waals surface area contributed by atoms with Crippen LogP contribution < -0.4 is 5.32 Å². The molecule has 0 heterocycles. The number of hydrogen-bond donors (Lipinski definition) is 1. The van der Waals surface area contributed by atoms with Crippen LogP contribution in [0, 0.1) is 0 Å². The van der Waals surface area contributed by atoms with E-state index >= 15 is 0 Å². The van der Waals surface area contributed by atoms with Crippen molar-refractivity contribution in [2.24, 2.45) is 5.11 Å². The number of azide groups is 1. The Hall–Kier alpha value is -2.73. The first-order chi connectivity index (χ1) is 11.0. The Morgan fingerprint density at radius 1 is 1.35 bits per heavy atom. The maximum atomic E-state index is 11.9. The minimum atomic E-state index is -1.24. The van der Waals surface area contributed by atoms with Crippen LogP contribution in [-0.4, -0.2) is 31.3 Å². The molecule has 0 spiro atoms. The minimum Gasteiger partial charge on any atom is -0.467 e. The van der Waals surface area contributed by atoms with Gasteiger partial charge in [0.2, 0.25) is 0 Å². The zero-order valence-electron chi connectivity index (χ0n) is 13.2. The second-order valence-electron chi connectivity index (χ2n) is 5.07. The molecule has 0 aromatic heterocycles. The second-order valence-corrected chi connectivity index (χ2v) is 5.07. The largest absolute Gasteiger partial charge is 0.467 e. The first-order valence-corrected chi connectivity index (χ1v) is 7.10. The van der Waals surface area contributed by atoms with Gasteiger partial charge in [0.05, 0.1) is 7.11 Å². The number of nitrogens with zero attached hydrogens (tertiary/aromatic N) is 3. The van der Waals surface area contributed by atoms with Gasteiger partial charge < -0.3 is 14.8 Å². The minimum absolute atomic E-state index is 0.0999. The Bertz CT molecular complexity index is 572. The van der Waals surface area contributed by atoms with Gasteiger partial charge in [-0.3, -0.25) is 0 Å². The zero-order valence-corrected chi connectivity index (χ0v) is 13.2. The van der Waals surface area contributed by atoms with Gasteiger partial charge in [-0.25, -0.2) is 9.59 Å². The van der Waals surface area contributed by atoms with Crippen molar-refractivity contribution >= 4 is 12.1 Å². The highest BCUT2D eigenvalue weighted by Gasteiger charge is 2.36. The number of carbonyl (C=O) groups excluding carboxylic acids is 2. The van der Waals surface area contributed by atoms with E-state index in [-0.39, 0.29) is 19.6 Å². The molecule has 0 radical (unpaired) electrons. The second kappa shape index (κ2) is 9.32. The fourth-order valence-corrected chi connectivity index (χ4v) is 1.97. The van der Waals surface area contributed by atoms with E-state index in [2.05, 4.69) is 15.3 Å². The number of benzene rings is 1. The summed E-state index contributed by atoms with van der Waals surface area (Å²) in [6.07, 6.45) is -0.0288. The van der Waals surface area contributed by atoms with Gasteiger partial charge in [-0.05, 0) is 30.9 Å².